The van der Waals surface area contributed by atoms with Gasteiger partial charge in [-0.2, -0.15) is 0 Å². The maximum atomic E-state index is 13.6. The average Bonchev–Trinajstić information content (AvgIpc) is 3.25. The number of benzene rings is 2. The van der Waals surface area contributed by atoms with Crippen LogP contribution in [-0.2, 0) is 22.2 Å². The van der Waals surface area contributed by atoms with Crippen LogP contribution in [0.1, 0.15) is 105 Å². The highest BCUT2D eigenvalue weighted by Crippen LogP contribution is 2.41. The van der Waals surface area contributed by atoms with E-state index in [2.05, 4.69) is 0 Å². The lowest BCUT2D eigenvalue weighted by atomic mass is 9.84. The van der Waals surface area contributed by atoms with Gasteiger partial charge in [0.2, 0.25) is 0 Å². The zero-order chi connectivity index (χ0) is 35.4. The number of rotatable bonds is 6. The summed E-state index contributed by atoms with van der Waals surface area (Å²) in [5, 5.41) is 83.0. The molecule has 0 amide bonds. The molecule has 3 aliphatic rings. The number of hydrogen-bond acceptors (Lipinski definition) is 7. The molecule has 0 aliphatic carbocycles. The van der Waals surface area contributed by atoms with Gasteiger partial charge in [0.25, 0.3) is 0 Å². The van der Waals surface area contributed by atoms with E-state index in [1.54, 1.807) is 107 Å². The van der Waals surface area contributed by atoms with Gasteiger partial charge in [0.15, 0.2) is 16.6 Å². The van der Waals surface area contributed by atoms with Crippen molar-refractivity contribution in [3.05, 3.63) is 80.3 Å². The van der Waals surface area contributed by atoms with Crippen LogP contribution in [0, 0.1) is 15.6 Å². The van der Waals surface area contributed by atoms with E-state index in [0.29, 0.717) is 30.7 Å². The first-order valence-corrected chi connectivity index (χ1v) is 15.7. The Balaban J connectivity index is 1.59. The summed E-state index contributed by atoms with van der Waals surface area (Å²) in [4.78, 5) is 0. The van der Waals surface area contributed by atoms with Crippen molar-refractivity contribution in [3.63, 3.8) is 0 Å². The molecule has 0 N–H and O–H groups in total. The maximum Gasteiger partial charge on any atom is 0.316 e. The summed E-state index contributed by atoms with van der Waals surface area (Å²) in [7, 11) is 0. The van der Waals surface area contributed by atoms with Crippen molar-refractivity contribution < 1.29 is 34.6 Å². The second kappa shape index (κ2) is 10.2. The lowest BCUT2D eigenvalue weighted by molar-refractivity contribution is -0.540. The summed E-state index contributed by atoms with van der Waals surface area (Å²) in [6, 6.07) is 11.4. The molecule has 0 spiro atoms. The lowest BCUT2D eigenvalue weighted by Crippen LogP contribution is -2.53. The number of amidine groups is 3. The number of nitrogens with zero attached hydrogens (tertiary/aromatic N) is 6. The first-order chi connectivity index (χ1) is 21.3. The highest BCUT2D eigenvalue weighted by molar-refractivity contribution is 6.02. The van der Waals surface area contributed by atoms with Crippen LogP contribution in [0.15, 0.2) is 42.5 Å². The van der Waals surface area contributed by atoms with Crippen LogP contribution in [0.3, 0.4) is 0 Å². The summed E-state index contributed by atoms with van der Waals surface area (Å²) in [5.41, 5.74) is -4.96. The van der Waals surface area contributed by atoms with Crippen LogP contribution in [0.4, 0.5) is 0 Å². The van der Waals surface area contributed by atoms with E-state index in [1.165, 1.54) is 18.2 Å². The van der Waals surface area contributed by atoms with Crippen molar-refractivity contribution in [1.82, 2.24) is 15.2 Å². The van der Waals surface area contributed by atoms with Gasteiger partial charge in [0.1, 0.15) is 29.0 Å². The zero-order valence-electron chi connectivity index (χ0n) is 29.3. The predicted octanol–water partition coefficient (Wildman–Crippen LogP) is 4.69. The monoisotopic (exact) mass is 649 g/mol. The fourth-order valence-corrected chi connectivity index (χ4v) is 5.94. The molecule has 0 saturated heterocycles. The van der Waals surface area contributed by atoms with Gasteiger partial charge >= 0.3 is 17.5 Å². The van der Waals surface area contributed by atoms with Gasteiger partial charge in [-0.15, -0.1) is 0 Å². The quantitative estimate of drug-likeness (QED) is 0.325. The molecule has 0 fully saturated rings. The van der Waals surface area contributed by atoms with E-state index in [-0.39, 0.29) is 41.0 Å². The zero-order valence-corrected chi connectivity index (χ0v) is 29.3. The third-order valence-electron chi connectivity index (χ3n) is 11.7. The van der Waals surface area contributed by atoms with Gasteiger partial charge in [-0.25, -0.2) is 0 Å². The minimum Gasteiger partial charge on any atom is -0.714 e. The molecule has 2 aromatic carbocycles. The Morgan fingerprint density at radius 1 is 0.553 bits per heavy atom. The van der Waals surface area contributed by atoms with Crippen molar-refractivity contribution in [2.75, 3.05) is 0 Å². The normalized spacial score (nSPS) is 23.8. The Bertz CT molecular complexity index is 1670. The molecular weight excluding hydrogens is 604 g/mol. The highest BCUT2D eigenvalue weighted by Gasteiger charge is 2.62. The molecule has 253 valence electrons. The van der Waals surface area contributed by atoms with Crippen molar-refractivity contribution in [2.45, 2.75) is 123 Å². The molecule has 0 bridgehead atoms. The highest BCUT2D eigenvalue weighted by atomic mass is 16.6. The Morgan fingerprint density at radius 2 is 0.915 bits per heavy atom. The van der Waals surface area contributed by atoms with E-state index in [9.17, 15) is 31.2 Å². The van der Waals surface area contributed by atoms with Gasteiger partial charge in [0.05, 0.1) is 16.7 Å². The van der Waals surface area contributed by atoms with Gasteiger partial charge in [-0.05, 0) is 119 Å². The minimum absolute atomic E-state index is 0.00555. The molecule has 3 radical (unpaired) electrons. The Morgan fingerprint density at radius 3 is 1.26 bits per heavy atom. The second-order valence-electron chi connectivity index (χ2n) is 15.8. The second-order valence-corrected chi connectivity index (χ2v) is 15.8. The molecule has 47 heavy (non-hydrogen) atoms. The average molecular weight is 650 g/mol. The first-order valence-electron chi connectivity index (χ1n) is 15.7. The SMILES string of the molecule is CC1(C)N([O])C(c2cccc(COc3cc(C4=[N+]([O-])C(C)(C)C(C)(C)N4[O])cc(C4=[N+]([O-])C(C)(C)C(C)(C)N4[O])c3)c2)=[N+]([O-])C1(C)C. The van der Waals surface area contributed by atoms with E-state index in [4.69, 9.17) is 4.74 Å². The maximum absolute atomic E-state index is 13.6. The summed E-state index contributed by atoms with van der Waals surface area (Å²) in [5.74, 6) is -0.151. The molecule has 0 saturated carbocycles. The fourth-order valence-electron chi connectivity index (χ4n) is 5.94. The molecule has 0 atom stereocenters. The van der Waals surface area contributed by atoms with Crippen LogP contribution in [0.25, 0.3) is 0 Å². The van der Waals surface area contributed by atoms with E-state index in [0.717, 1.165) is 9.80 Å². The molecule has 13 nitrogen and oxygen atoms in total. The van der Waals surface area contributed by atoms with Gasteiger partial charge in [0, 0.05) is 15.6 Å². The van der Waals surface area contributed by atoms with E-state index >= 15 is 0 Å². The fraction of sp³-hybridized carbons (Fsp3) is 0.559. The van der Waals surface area contributed by atoms with Crippen LogP contribution >= 0.6 is 0 Å². The van der Waals surface area contributed by atoms with Crippen molar-refractivity contribution in [1.29, 1.82) is 0 Å². The molecule has 5 rings (SSSR count). The number of ether oxygens (including phenoxy) is 1. The third kappa shape index (κ3) is 4.50. The molecule has 0 aromatic heterocycles. The van der Waals surface area contributed by atoms with Crippen LogP contribution in [0.2, 0.25) is 0 Å². The summed E-state index contributed by atoms with van der Waals surface area (Å²) >= 11 is 0. The Kier molecular flexibility index (Phi) is 7.45. The van der Waals surface area contributed by atoms with Crippen LogP contribution in [-0.4, -0.2) is 80.1 Å². The Hall–Kier alpha value is -4.07. The van der Waals surface area contributed by atoms with Crippen LogP contribution < -0.4 is 4.74 Å². The molecule has 3 aliphatic heterocycles. The number of hydroxylamine groups is 9. The smallest absolute Gasteiger partial charge is 0.316 e. The standard InChI is InChI=1S/C34H45N6O7/c1-29(2)30(3,4)36(42)26(35(29)41)22-15-13-14-21(16-22)20-47-25-18-23(27-37(43)31(5,6)32(7,8)38(27)44)17-24(19-25)28-39(45)33(9,10)34(11,12)40(28)46/h13-19H,20H2,1-12H3. The largest absolute Gasteiger partial charge is 0.714 e. The van der Waals surface area contributed by atoms with Gasteiger partial charge < -0.3 is 20.4 Å². The van der Waals surface area contributed by atoms with E-state index in [1.807, 2.05) is 0 Å². The third-order valence-corrected chi connectivity index (χ3v) is 11.7. The molecule has 13 heteroatoms. The topological polar surface area (TPSA) is 157 Å². The number of hydrogen-bond donors (Lipinski definition) is 0. The predicted molar refractivity (Wildman–Crippen MR) is 172 cm³/mol. The minimum atomic E-state index is -1.10. The summed E-state index contributed by atoms with van der Waals surface area (Å²) in [6.45, 7) is 20.3. The van der Waals surface area contributed by atoms with Crippen LogP contribution in [0.5, 0.6) is 5.75 Å². The lowest BCUT2D eigenvalue weighted by Gasteiger charge is -2.32. The first kappa shape index (κ1) is 34.3. The summed E-state index contributed by atoms with van der Waals surface area (Å²) < 4.78 is 8.26. The molecule has 3 heterocycles. The van der Waals surface area contributed by atoms with Crippen molar-refractivity contribution in [3.8, 4) is 5.75 Å². The van der Waals surface area contributed by atoms with Gasteiger partial charge in [-0.3, -0.25) is 14.2 Å². The van der Waals surface area contributed by atoms with Crippen molar-refractivity contribution >= 4 is 17.5 Å². The molecule has 2 aromatic rings. The molecular formula is C34H45N6O7. The van der Waals surface area contributed by atoms with E-state index < -0.39 is 33.2 Å². The molecule has 0 unspecified atom stereocenters. The van der Waals surface area contributed by atoms with Crippen molar-refractivity contribution in [2.24, 2.45) is 0 Å². The van der Waals surface area contributed by atoms with Gasteiger partial charge in [-0.1, -0.05) is 27.3 Å². The summed E-state index contributed by atoms with van der Waals surface area (Å²) in [6.07, 6.45) is 0. The Labute approximate surface area is 276 Å².